The molecular weight excluding hydrogens is 371 g/mol. The van der Waals surface area contributed by atoms with E-state index in [1.807, 2.05) is 25.9 Å². The fraction of sp³-hybridized carbons (Fsp3) is 0.364. The predicted octanol–water partition coefficient (Wildman–Crippen LogP) is 4.45. The molecule has 29 heavy (non-hydrogen) atoms. The van der Waals surface area contributed by atoms with Crippen LogP contribution >= 0.6 is 0 Å². The summed E-state index contributed by atoms with van der Waals surface area (Å²) in [5, 5.41) is 5.89. The minimum absolute atomic E-state index is 0.176. The second kappa shape index (κ2) is 9.39. The van der Waals surface area contributed by atoms with Gasteiger partial charge in [-0.05, 0) is 64.7 Å². The maximum atomic E-state index is 14.3. The van der Waals surface area contributed by atoms with Crippen LogP contribution in [0.1, 0.15) is 19.4 Å². The molecule has 0 aromatic heterocycles. The predicted molar refractivity (Wildman–Crippen MR) is 114 cm³/mol. The molecule has 0 bridgehead atoms. The van der Waals surface area contributed by atoms with Crippen LogP contribution in [0.25, 0.3) is 4.85 Å². The Balaban J connectivity index is 2.04. The van der Waals surface area contributed by atoms with Gasteiger partial charge in [0.2, 0.25) is 5.91 Å². The molecular formula is C22H27FN4O2. The molecule has 6 nitrogen and oxygen atoms in total. The summed E-state index contributed by atoms with van der Waals surface area (Å²) in [7, 11) is 3.83. The summed E-state index contributed by atoms with van der Waals surface area (Å²) in [5.74, 6) is -0.593. The second-order valence-electron chi connectivity index (χ2n) is 7.61. The number of amides is 1. The Morgan fingerprint density at radius 1 is 1.21 bits per heavy atom. The van der Waals surface area contributed by atoms with Gasteiger partial charge in [-0.15, -0.1) is 0 Å². The van der Waals surface area contributed by atoms with Gasteiger partial charge in [0, 0.05) is 24.0 Å². The Bertz CT molecular complexity index is 920. The molecule has 0 spiro atoms. The zero-order valence-corrected chi connectivity index (χ0v) is 17.5. The number of carbonyl (C=O) groups is 1. The summed E-state index contributed by atoms with van der Waals surface area (Å²) in [5.41, 5.74) is 1.42. The number of benzene rings is 2. The Hall–Kier alpha value is -3.11. The van der Waals surface area contributed by atoms with E-state index in [0.717, 1.165) is 5.56 Å². The van der Waals surface area contributed by atoms with E-state index in [9.17, 15) is 9.18 Å². The van der Waals surface area contributed by atoms with Crippen molar-refractivity contribution in [2.24, 2.45) is 0 Å². The molecule has 0 atom stereocenters. The number of hydrogen-bond acceptors (Lipinski definition) is 4. The standard InChI is InChI=1S/C22H27FN4O2/c1-15-13-16(7-9-19(15)24-4)25-21(28)22(2,3)26-17-8-10-20(18(23)14-17)29-12-11-27(5)6/h7-10,13-14,26H,11-12H2,1-3,5-6H3,(H,25,28). The summed E-state index contributed by atoms with van der Waals surface area (Å²) < 4.78 is 19.8. The van der Waals surface area contributed by atoms with Gasteiger partial charge in [-0.25, -0.2) is 9.24 Å². The van der Waals surface area contributed by atoms with Crippen molar-refractivity contribution in [1.82, 2.24) is 4.90 Å². The van der Waals surface area contributed by atoms with E-state index >= 15 is 0 Å². The fourth-order valence-corrected chi connectivity index (χ4v) is 2.60. The van der Waals surface area contributed by atoms with Crippen LogP contribution in [0.3, 0.4) is 0 Å². The van der Waals surface area contributed by atoms with Crippen LogP contribution in [0.4, 0.5) is 21.5 Å². The highest BCUT2D eigenvalue weighted by Gasteiger charge is 2.28. The molecule has 0 heterocycles. The fourth-order valence-electron chi connectivity index (χ4n) is 2.60. The highest BCUT2D eigenvalue weighted by molar-refractivity contribution is 5.99. The summed E-state index contributed by atoms with van der Waals surface area (Å²) in [6.45, 7) is 13.4. The summed E-state index contributed by atoms with van der Waals surface area (Å²) in [6.07, 6.45) is 0. The monoisotopic (exact) mass is 398 g/mol. The SMILES string of the molecule is [C-]#[N+]c1ccc(NC(=O)C(C)(C)Nc2ccc(OCCN(C)C)c(F)c2)cc1C. The van der Waals surface area contributed by atoms with Crippen molar-refractivity contribution in [2.75, 3.05) is 37.9 Å². The lowest BCUT2D eigenvalue weighted by atomic mass is 10.0. The quantitative estimate of drug-likeness (QED) is 0.645. The van der Waals surface area contributed by atoms with Crippen LogP contribution in [0.2, 0.25) is 0 Å². The molecule has 0 aliphatic heterocycles. The van der Waals surface area contributed by atoms with Gasteiger partial charge < -0.3 is 20.3 Å². The third-order valence-corrected chi connectivity index (χ3v) is 4.33. The van der Waals surface area contributed by atoms with Gasteiger partial charge in [-0.1, -0.05) is 6.07 Å². The number of aryl methyl sites for hydroxylation is 1. The first-order chi connectivity index (χ1) is 13.6. The third-order valence-electron chi connectivity index (χ3n) is 4.33. The van der Waals surface area contributed by atoms with E-state index in [0.29, 0.717) is 30.2 Å². The van der Waals surface area contributed by atoms with E-state index in [-0.39, 0.29) is 11.7 Å². The van der Waals surface area contributed by atoms with Gasteiger partial charge in [-0.3, -0.25) is 4.79 Å². The molecule has 2 N–H and O–H groups in total. The number of rotatable bonds is 8. The van der Waals surface area contributed by atoms with Crippen molar-refractivity contribution < 1.29 is 13.9 Å². The van der Waals surface area contributed by atoms with Crippen LogP contribution in [0, 0.1) is 19.3 Å². The number of likely N-dealkylation sites (N-methyl/N-ethyl adjacent to an activating group) is 1. The summed E-state index contributed by atoms with van der Waals surface area (Å²) in [6, 6.07) is 9.65. The van der Waals surface area contributed by atoms with Crippen molar-refractivity contribution >= 4 is 23.0 Å². The largest absolute Gasteiger partial charge is 0.489 e. The van der Waals surface area contributed by atoms with Crippen LogP contribution < -0.4 is 15.4 Å². The zero-order chi connectivity index (χ0) is 21.6. The Morgan fingerprint density at radius 2 is 1.90 bits per heavy atom. The average molecular weight is 398 g/mol. The Kier molecular flexibility index (Phi) is 7.18. The number of nitrogens with zero attached hydrogens (tertiary/aromatic N) is 2. The van der Waals surface area contributed by atoms with Gasteiger partial charge in [0.05, 0.1) is 6.57 Å². The molecule has 0 saturated carbocycles. The maximum Gasteiger partial charge on any atom is 0.249 e. The van der Waals surface area contributed by atoms with Crippen LogP contribution in [0.15, 0.2) is 36.4 Å². The molecule has 0 radical (unpaired) electrons. The molecule has 2 aromatic carbocycles. The zero-order valence-electron chi connectivity index (χ0n) is 17.5. The van der Waals surface area contributed by atoms with Crippen LogP contribution in [0.5, 0.6) is 5.75 Å². The Morgan fingerprint density at radius 3 is 2.48 bits per heavy atom. The van der Waals surface area contributed by atoms with E-state index in [1.54, 1.807) is 44.2 Å². The third kappa shape index (κ3) is 6.19. The van der Waals surface area contributed by atoms with Gasteiger partial charge >= 0.3 is 0 Å². The molecule has 7 heteroatoms. The van der Waals surface area contributed by atoms with Gasteiger partial charge in [0.15, 0.2) is 17.3 Å². The molecule has 2 aromatic rings. The van der Waals surface area contributed by atoms with Crippen molar-refractivity contribution in [1.29, 1.82) is 0 Å². The minimum Gasteiger partial charge on any atom is -0.489 e. The number of carbonyl (C=O) groups excluding carboxylic acids is 1. The summed E-state index contributed by atoms with van der Waals surface area (Å²) >= 11 is 0. The van der Waals surface area contributed by atoms with Crippen molar-refractivity contribution in [3.05, 3.63) is 59.2 Å². The molecule has 154 valence electrons. The molecule has 0 saturated heterocycles. The molecule has 0 fully saturated rings. The molecule has 0 unspecified atom stereocenters. The van der Waals surface area contributed by atoms with Crippen molar-refractivity contribution in [3.63, 3.8) is 0 Å². The molecule has 1 amide bonds. The number of nitrogens with one attached hydrogen (secondary N) is 2. The van der Waals surface area contributed by atoms with Gasteiger partial charge in [0.25, 0.3) is 0 Å². The van der Waals surface area contributed by atoms with E-state index in [4.69, 9.17) is 11.3 Å². The lowest BCUT2D eigenvalue weighted by molar-refractivity contribution is -0.119. The maximum absolute atomic E-state index is 14.3. The number of halogens is 1. The highest BCUT2D eigenvalue weighted by atomic mass is 19.1. The Labute approximate surface area is 171 Å². The number of hydrogen-bond donors (Lipinski definition) is 2. The first-order valence-electron chi connectivity index (χ1n) is 9.27. The first-order valence-corrected chi connectivity index (χ1v) is 9.27. The van der Waals surface area contributed by atoms with Crippen LogP contribution in [-0.4, -0.2) is 43.6 Å². The normalized spacial score (nSPS) is 11.1. The van der Waals surface area contributed by atoms with Crippen molar-refractivity contribution in [2.45, 2.75) is 26.3 Å². The van der Waals surface area contributed by atoms with Crippen molar-refractivity contribution in [3.8, 4) is 5.75 Å². The van der Waals surface area contributed by atoms with E-state index in [1.165, 1.54) is 6.07 Å². The minimum atomic E-state index is -0.994. The van der Waals surface area contributed by atoms with Gasteiger partial charge in [0.1, 0.15) is 12.1 Å². The van der Waals surface area contributed by atoms with E-state index in [2.05, 4.69) is 15.5 Å². The molecule has 0 aliphatic rings. The summed E-state index contributed by atoms with van der Waals surface area (Å²) in [4.78, 5) is 18.1. The molecule has 2 rings (SSSR count). The number of anilines is 2. The first kappa shape index (κ1) is 22.2. The van der Waals surface area contributed by atoms with Crippen LogP contribution in [-0.2, 0) is 4.79 Å². The highest BCUT2D eigenvalue weighted by Crippen LogP contribution is 2.26. The lowest BCUT2D eigenvalue weighted by Gasteiger charge is -2.26. The lowest BCUT2D eigenvalue weighted by Crippen LogP contribution is -2.44. The van der Waals surface area contributed by atoms with E-state index < -0.39 is 11.4 Å². The smallest absolute Gasteiger partial charge is 0.249 e. The second-order valence-corrected chi connectivity index (χ2v) is 7.61. The average Bonchev–Trinajstić information content (AvgIpc) is 2.63. The topological polar surface area (TPSA) is 58.0 Å². The molecule has 0 aliphatic carbocycles. The van der Waals surface area contributed by atoms with Gasteiger partial charge in [-0.2, -0.15) is 0 Å². The number of ether oxygens (including phenoxy) is 1.